The van der Waals surface area contributed by atoms with Crippen molar-refractivity contribution in [1.82, 2.24) is 15.5 Å². The van der Waals surface area contributed by atoms with Crippen LogP contribution < -0.4 is 10.6 Å². The highest BCUT2D eigenvalue weighted by atomic mass is 16.6. The van der Waals surface area contributed by atoms with Crippen LogP contribution in [0.15, 0.2) is 59.6 Å². The molecule has 0 saturated heterocycles. The SMILES string of the molecule is CN=C(NCc1ccc(CN(C)C(=O)OC(C)(C)C)cc1)NCC(CO)c1ccccc1. The molecule has 1 amide bonds. The Hall–Kier alpha value is -3.06. The highest BCUT2D eigenvalue weighted by molar-refractivity contribution is 5.79. The van der Waals surface area contributed by atoms with Crippen LogP contribution in [0.4, 0.5) is 4.79 Å². The third-order valence-electron chi connectivity index (χ3n) is 4.84. The quantitative estimate of drug-likeness (QED) is 0.432. The van der Waals surface area contributed by atoms with Crippen molar-refractivity contribution >= 4 is 12.1 Å². The van der Waals surface area contributed by atoms with Crippen LogP contribution in [-0.2, 0) is 17.8 Å². The summed E-state index contributed by atoms with van der Waals surface area (Å²) in [6.07, 6.45) is -0.338. The number of aliphatic imine (C=N–C) groups is 1. The summed E-state index contributed by atoms with van der Waals surface area (Å²) in [5.41, 5.74) is 2.70. The van der Waals surface area contributed by atoms with Crippen molar-refractivity contribution in [2.45, 2.75) is 45.4 Å². The lowest BCUT2D eigenvalue weighted by molar-refractivity contribution is 0.0285. The summed E-state index contributed by atoms with van der Waals surface area (Å²) >= 11 is 0. The molecule has 0 radical (unpaired) electrons. The molecule has 7 nitrogen and oxygen atoms in total. The predicted octanol–water partition coefficient (Wildman–Crippen LogP) is 3.49. The average Bonchev–Trinajstić information content (AvgIpc) is 2.76. The van der Waals surface area contributed by atoms with Crippen molar-refractivity contribution in [2.75, 3.05) is 27.2 Å². The Labute approximate surface area is 191 Å². The van der Waals surface area contributed by atoms with E-state index in [1.165, 1.54) is 0 Å². The first-order valence-corrected chi connectivity index (χ1v) is 10.8. The van der Waals surface area contributed by atoms with Gasteiger partial charge in [-0.15, -0.1) is 0 Å². The number of carbonyl (C=O) groups is 1. The smallest absolute Gasteiger partial charge is 0.410 e. The third kappa shape index (κ3) is 8.59. The summed E-state index contributed by atoms with van der Waals surface area (Å²) in [7, 11) is 3.45. The highest BCUT2D eigenvalue weighted by Crippen LogP contribution is 2.14. The number of nitrogens with zero attached hydrogens (tertiary/aromatic N) is 2. The van der Waals surface area contributed by atoms with E-state index in [4.69, 9.17) is 4.74 Å². The molecule has 2 rings (SSSR count). The van der Waals surface area contributed by atoms with Gasteiger partial charge in [0.2, 0.25) is 0 Å². The van der Waals surface area contributed by atoms with Gasteiger partial charge in [0.15, 0.2) is 5.96 Å². The Morgan fingerprint density at radius 2 is 1.69 bits per heavy atom. The molecule has 2 aromatic rings. The number of benzene rings is 2. The van der Waals surface area contributed by atoms with E-state index in [1.807, 2.05) is 75.4 Å². The van der Waals surface area contributed by atoms with E-state index >= 15 is 0 Å². The minimum atomic E-state index is -0.508. The van der Waals surface area contributed by atoms with Gasteiger partial charge in [-0.1, -0.05) is 54.6 Å². The summed E-state index contributed by atoms with van der Waals surface area (Å²) < 4.78 is 5.39. The Balaban J connectivity index is 1.83. The molecule has 0 saturated carbocycles. The number of ether oxygens (including phenoxy) is 1. The molecule has 0 aromatic heterocycles. The summed E-state index contributed by atoms with van der Waals surface area (Å²) in [6, 6.07) is 18.0. The number of hydrogen-bond acceptors (Lipinski definition) is 4. The lowest BCUT2D eigenvalue weighted by Gasteiger charge is -2.24. The largest absolute Gasteiger partial charge is 0.444 e. The fourth-order valence-electron chi connectivity index (χ4n) is 3.08. The molecule has 1 atom stereocenters. The van der Waals surface area contributed by atoms with Crippen LogP contribution in [0, 0.1) is 0 Å². The second-order valence-corrected chi connectivity index (χ2v) is 8.75. The summed E-state index contributed by atoms with van der Waals surface area (Å²) in [4.78, 5) is 17.9. The lowest BCUT2D eigenvalue weighted by Crippen LogP contribution is -2.39. The van der Waals surface area contributed by atoms with Crippen LogP contribution in [0.5, 0.6) is 0 Å². The zero-order valence-corrected chi connectivity index (χ0v) is 19.8. The Morgan fingerprint density at radius 1 is 1.06 bits per heavy atom. The van der Waals surface area contributed by atoms with Crippen LogP contribution >= 0.6 is 0 Å². The minimum Gasteiger partial charge on any atom is -0.444 e. The maximum Gasteiger partial charge on any atom is 0.410 e. The first kappa shape index (κ1) is 25.2. The maximum atomic E-state index is 12.1. The van der Waals surface area contributed by atoms with Gasteiger partial charge in [0, 0.05) is 39.6 Å². The third-order valence-corrected chi connectivity index (χ3v) is 4.84. The summed E-state index contributed by atoms with van der Waals surface area (Å²) in [6.45, 7) is 7.30. The fraction of sp³-hybridized carbons (Fsp3) is 0.440. The molecule has 0 bridgehead atoms. The molecule has 0 aliphatic rings. The van der Waals surface area contributed by atoms with Gasteiger partial charge in [-0.25, -0.2) is 4.79 Å². The molecule has 0 aliphatic carbocycles. The molecular weight excluding hydrogens is 404 g/mol. The molecule has 7 heteroatoms. The van der Waals surface area contributed by atoms with Gasteiger partial charge in [0.1, 0.15) is 5.60 Å². The predicted molar refractivity (Wildman–Crippen MR) is 129 cm³/mol. The average molecular weight is 441 g/mol. The van der Waals surface area contributed by atoms with E-state index in [1.54, 1.807) is 19.0 Å². The van der Waals surface area contributed by atoms with Crippen molar-refractivity contribution < 1.29 is 14.6 Å². The van der Waals surface area contributed by atoms with Gasteiger partial charge < -0.3 is 25.4 Å². The van der Waals surface area contributed by atoms with Crippen LogP contribution in [0.2, 0.25) is 0 Å². The van der Waals surface area contributed by atoms with Crippen LogP contribution in [0.3, 0.4) is 0 Å². The monoisotopic (exact) mass is 440 g/mol. The van der Waals surface area contributed by atoms with Gasteiger partial charge >= 0.3 is 6.09 Å². The van der Waals surface area contributed by atoms with Crippen LogP contribution in [0.25, 0.3) is 0 Å². The first-order chi connectivity index (χ1) is 15.2. The molecule has 0 fully saturated rings. The Kier molecular flexibility index (Phi) is 9.53. The van der Waals surface area contributed by atoms with Crippen LogP contribution in [0.1, 0.15) is 43.4 Å². The number of carbonyl (C=O) groups excluding carboxylic acids is 1. The molecule has 0 aliphatic heterocycles. The number of aliphatic hydroxyl groups is 1. The molecule has 174 valence electrons. The molecule has 0 spiro atoms. The van der Waals surface area contributed by atoms with Gasteiger partial charge in [0.05, 0.1) is 6.61 Å². The zero-order valence-electron chi connectivity index (χ0n) is 19.8. The highest BCUT2D eigenvalue weighted by Gasteiger charge is 2.19. The second kappa shape index (κ2) is 12.1. The van der Waals surface area contributed by atoms with Crippen molar-refractivity contribution in [3.63, 3.8) is 0 Å². The van der Waals surface area contributed by atoms with Gasteiger partial charge in [-0.3, -0.25) is 4.99 Å². The van der Waals surface area contributed by atoms with E-state index in [0.717, 1.165) is 16.7 Å². The number of hydrogen-bond donors (Lipinski definition) is 3. The van der Waals surface area contributed by atoms with E-state index in [2.05, 4.69) is 15.6 Å². The molecule has 2 aromatic carbocycles. The second-order valence-electron chi connectivity index (χ2n) is 8.75. The molecule has 0 heterocycles. The van der Waals surface area contributed by atoms with Gasteiger partial charge in [0.25, 0.3) is 0 Å². The van der Waals surface area contributed by atoms with Crippen molar-refractivity contribution in [3.8, 4) is 0 Å². The summed E-state index contributed by atoms with van der Waals surface area (Å²) in [5, 5.41) is 16.3. The van der Waals surface area contributed by atoms with E-state index in [-0.39, 0.29) is 18.6 Å². The van der Waals surface area contributed by atoms with Crippen molar-refractivity contribution in [3.05, 3.63) is 71.3 Å². The Bertz CT molecular complexity index is 861. The number of amides is 1. The van der Waals surface area contributed by atoms with Crippen molar-refractivity contribution in [2.24, 2.45) is 4.99 Å². The van der Waals surface area contributed by atoms with E-state index < -0.39 is 5.60 Å². The van der Waals surface area contributed by atoms with Gasteiger partial charge in [-0.05, 0) is 37.5 Å². The number of rotatable bonds is 8. The minimum absolute atomic E-state index is 0.00371. The van der Waals surface area contributed by atoms with Crippen LogP contribution in [-0.4, -0.2) is 54.9 Å². The molecule has 1 unspecified atom stereocenters. The standard InChI is InChI=1S/C25H36N4O3/c1-25(2,3)32-24(31)29(5)17-20-13-11-19(12-14-20)15-27-23(26-4)28-16-22(18-30)21-9-7-6-8-10-21/h6-14,22,30H,15-18H2,1-5H3,(H2,26,27,28). The van der Waals surface area contributed by atoms with Crippen molar-refractivity contribution in [1.29, 1.82) is 0 Å². The summed E-state index contributed by atoms with van der Waals surface area (Å²) in [5.74, 6) is 0.670. The fourth-order valence-corrected chi connectivity index (χ4v) is 3.08. The zero-order chi connectivity index (χ0) is 23.6. The molecule has 3 N–H and O–H groups in total. The topological polar surface area (TPSA) is 86.2 Å². The first-order valence-electron chi connectivity index (χ1n) is 10.8. The number of guanidine groups is 1. The maximum absolute atomic E-state index is 12.1. The lowest BCUT2D eigenvalue weighted by atomic mass is 10.0. The normalized spacial score (nSPS) is 12.8. The number of aliphatic hydroxyl groups excluding tert-OH is 1. The van der Waals surface area contributed by atoms with Gasteiger partial charge in [-0.2, -0.15) is 0 Å². The van der Waals surface area contributed by atoms with E-state index in [9.17, 15) is 9.90 Å². The number of nitrogens with one attached hydrogen (secondary N) is 2. The molecular formula is C25H36N4O3. The molecule has 32 heavy (non-hydrogen) atoms. The Morgan fingerprint density at radius 3 is 2.25 bits per heavy atom. The van der Waals surface area contributed by atoms with E-state index in [0.29, 0.717) is 25.6 Å².